The molecule has 32 heavy (non-hydrogen) atoms. The zero-order valence-corrected chi connectivity index (χ0v) is 17.0. The number of nitro groups is 1. The van der Waals surface area contributed by atoms with Gasteiger partial charge in [-0.3, -0.25) is 14.9 Å². The molecule has 0 fully saturated rings. The molecule has 0 aromatic heterocycles. The lowest BCUT2D eigenvalue weighted by molar-refractivity contribution is -0.386. The number of anilines is 1. The van der Waals surface area contributed by atoms with Crippen molar-refractivity contribution < 1.29 is 33.2 Å². The quantitative estimate of drug-likeness (QED) is 0.209. The van der Waals surface area contributed by atoms with Crippen LogP contribution < -0.4 is 9.64 Å². The Morgan fingerprint density at radius 1 is 1.38 bits per heavy atom. The maximum atomic E-state index is 14.1. The van der Waals surface area contributed by atoms with E-state index in [-0.39, 0.29) is 25.0 Å². The van der Waals surface area contributed by atoms with Gasteiger partial charge < -0.3 is 14.3 Å². The van der Waals surface area contributed by atoms with Gasteiger partial charge >= 0.3 is 11.8 Å². The van der Waals surface area contributed by atoms with Gasteiger partial charge in [-0.2, -0.15) is 0 Å². The number of ether oxygens (including phenoxy) is 2. The third kappa shape index (κ3) is 3.70. The number of halogens is 1. The number of para-hydroxylation sites is 1. The van der Waals surface area contributed by atoms with Crippen molar-refractivity contribution in [2.45, 2.75) is 19.6 Å². The molecule has 0 radical (unpaired) electrons. The summed E-state index contributed by atoms with van der Waals surface area (Å²) in [6.07, 6.45) is -1.33. The number of ketones is 1. The average Bonchev–Trinajstić information content (AvgIpc) is 2.77. The van der Waals surface area contributed by atoms with Gasteiger partial charge in [0.1, 0.15) is 17.5 Å². The molecule has 1 aliphatic heterocycles. The van der Waals surface area contributed by atoms with Crippen LogP contribution in [-0.4, -0.2) is 35.9 Å². The summed E-state index contributed by atoms with van der Waals surface area (Å²) in [4.78, 5) is 50.3. The lowest BCUT2D eigenvalue weighted by atomic mass is 9.74. The second-order valence-electron chi connectivity index (χ2n) is 6.91. The Morgan fingerprint density at radius 2 is 2.06 bits per heavy atom. The second-order valence-corrected chi connectivity index (χ2v) is 6.91. The van der Waals surface area contributed by atoms with Crippen molar-refractivity contribution in [1.82, 2.24) is 0 Å². The minimum Gasteiger partial charge on any atom is -0.460 e. The Balaban J connectivity index is 2.32. The summed E-state index contributed by atoms with van der Waals surface area (Å²) in [5, 5.41) is 11.5. The maximum absolute atomic E-state index is 14.1. The first-order valence-corrected chi connectivity index (χ1v) is 9.58. The number of aldehydes is 1. The minimum absolute atomic E-state index is 0.0275. The number of hydrogen-bond acceptors (Lipinski definition) is 7. The van der Waals surface area contributed by atoms with E-state index >= 15 is 0 Å². The van der Waals surface area contributed by atoms with E-state index in [9.17, 15) is 28.9 Å². The third-order valence-corrected chi connectivity index (χ3v) is 4.99. The van der Waals surface area contributed by atoms with Gasteiger partial charge in [0.05, 0.1) is 28.8 Å². The van der Waals surface area contributed by atoms with Gasteiger partial charge in [-0.25, -0.2) is 14.1 Å². The van der Waals surface area contributed by atoms with Gasteiger partial charge in [-0.15, -0.1) is 6.58 Å². The van der Waals surface area contributed by atoms with Crippen LogP contribution in [0, 0.1) is 21.3 Å². The Kier molecular flexibility index (Phi) is 6.33. The summed E-state index contributed by atoms with van der Waals surface area (Å²) in [7, 11) is 0. The molecule has 0 unspecified atom stereocenters. The van der Waals surface area contributed by atoms with Crippen molar-refractivity contribution >= 4 is 29.5 Å². The Hall–Kier alpha value is -4.08. The highest BCUT2D eigenvalue weighted by Gasteiger charge is 2.57. The van der Waals surface area contributed by atoms with E-state index in [2.05, 4.69) is 6.58 Å². The zero-order valence-electron chi connectivity index (χ0n) is 17.0. The fraction of sp³-hybridized carbons (Fsp3) is 0.227. The predicted octanol–water partition coefficient (Wildman–Crippen LogP) is 4.06. The van der Waals surface area contributed by atoms with Crippen LogP contribution in [0.3, 0.4) is 0 Å². The lowest BCUT2D eigenvalue weighted by Gasteiger charge is -2.43. The Labute approximate surface area is 182 Å². The van der Waals surface area contributed by atoms with Crippen LogP contribution >= 0.6 is 0 Å². The molecule has 0 saturated heterocycles. The average molecular weight is 442 g/mol. The van der Waals surface area contributed by atoms with Crippen molar-refractivity contribution in [1.29, 1.82) is 0 Å². The van der Waals surface area contributed by atoms with Crippen molar-refractivity contribution in [2.24, 2.45) is 5.41 Å². The number of rotatable bonds is 7. The number of carbonyl (C=O) groups is 3. The molecule has 2 aromatic rings. The molecular formula is C22H19FN2O7. The van der Waals surface area contributed by atoms with E-state index in [1.807, 2.05) is 0 Å². The van der Waals surface area contributed by atoms with Gasteiger partial charge in [0.2, 0.25) is 12.0 Å². The highest BCUT2D eigenvalue weighted by molar-refractivity contribution is 6.13. The number of nitro benzene ring substituents is 1. The van der Waals surface area contributed by atoms with Crippen LogP contribution in [0.15, 0.2) is 55.1 Å². The molecule has 9 nitrogen and oxygen atoms in total. The Bertz CT molecular complexity index is 1090. The number of allylic oxidation sites excluding steroid dienone is 1. The first-order valence-electron chi connectivity index (χ1n) is 9.58. The van der Waals surface area contributed by atoms with Crippen LogP contribution in [0.4, 0.5) is 20.6 Å². The lowest BCUT2D eigenvalue weighted by Crippen LogP contribution is -2.60. The Morgan fingerprint density at radius 3 is 2.62 bits per heavy atom. The van der Waals surface area contributed by atoms with E-state index in [1.165, 1.54) is 18.2 Å². The normalized spacial score (nSPS) is 19.3. The van der Waals surface area contributed by atoms with E-state index in [0.717, 1.165) is 11.0 Å². The van der Waals surface area contributed by atoms with E-state index in [0.29, 0.717) is 6.07 Å². The first-order chi connectivity index (χ1) is 15.3. The molecule has 0 bridgehead atoms. The molecule has 2 aromatic carbocycles. The van der Waals surface area contributed by atoms with Crippen LogP contribution in [-0.2, 0) is 9.53 Å². The van der Waals surface area contributed by atoms with Gasteiger partial charge in [-0.1, -0.05) is 24.3 Å². The van der Waals surface area contributed by atoms with Crippen LogP contribution in [0.1, 0.15) is 23.7 Å². The standard InChI is InChI=1S/C22H19FN2O7/c1-3-10-22(13-26)19(27)16-11-14(23)12-17(25(29)30)18(16)32-20(22)24(21(28)31-4-2)15-8-6-5-7-9-15/h3,5-9,11-13,20H,1,4,10H2,2H3/t20-,22+/m1/s1. The van der Waals surface area contributed by atoms with Crippen molar-refractivity contribution in [3.05, 3.63) is 76.6 Å². The molecule has 166 valence electrons. The van der Waals surface area contributed by atoms with Crippen LogP contribution in [0.2, 0.25) is 0 Å². The summed E-state index contributed by atoms with van der Waals surface area (Å²) in [5.41, 5.74) is -3.13. The second kappa shape index (κ2) is 8.96. The van der Waals surface area contributed by atoms with Gasteiger partial charge in [0.25, 0.3) is 0 Å². The molecule has 1 amide bonds. The molecule has 3 rings (SSSR count). The highest BCUT2D eigenvalue weighted by Crippen LogP contribution is 2.46. The number of Topliss-reactive ketones (excluding diaryl/α,β-unsaturated/α-hetero) is 1. The molecule has 1 aliphatic rings. The van der Waals surface area contributed by atoms with Crippen LogP contribution in [0.5, 0.6) is 5.75 Å². The van der Waals surface area contributed by atoms with E-state index < -0.39 is 51.3 Å². The van der Waals surface area contributed by atoms with Gasteiger partial charge in [-0.05, 0) is 31.5 Å². The molecule has 10 heteroatoms. The van der Waals surface area contributed by atoms with Gasteiger partial charge in [0.15, 0.2) is 5.78 Å². The number of hydrogen-bond donors (Lipinski definition) is 0. The maximum Gasteiger partial charge on any atom is 0.417 e. The zero-order chi connectivity index (χ0) is 23.5. The molecule has 0 aliphatic carbocycles. The molecule has 2 atom stereocenters. The SMILES string of the molecule is C=CC[C@]1(C=O)C(=O)c2cc(F)cc([N+](=O)[O-])c2O[C@H]1N(C(=O)OCC)c1ccccc1. The predicted molar refractivity (Wildman–Crippen MR) is 111 cm³/mol. The van der Waals surface area contributed by atoms with Crippen molar-refractivity contribution in [3.63, 3.8) is 0 Å². The van der Waals surface area contributed by atoms with E-state index in [4.69, 9.17) is 9.47 Å². The number of benzene rings is 2. The van der Waals surface area contributed by atoms with E-state index in [1.54, 1.807) is 25.1 Å². The smallest absolute Gasteiger partial charge is 0.417 e. The molecular weight excluding hydrogens is 423 g/mol. The minimum atomic E-state index is -2.06. The summed E-state index contributed by atoms with van der Waals surface area (Å²) in [6.45, 7) is 5.10. The third-order valence-electron chi connectivity index (χ3n) is 4.99. The fourth-order valence-corrected chi connectivity index (χ4v) is 3.58. The number of fused-ring (bicyclic) bond motifs is 1. The molecule has 1 heterocycles. The summed E-state index contributed by atoms with van der Waals surface area (Å²) < 4.78 is 25.0. The van der Waals surface area contributed by atoms with Crippen molar-refractivity contribution in [3.8, 4) is 5.75 Å². The molecule has 0 saturated carbocycles. The monoisotopic (exact) mass is 442 g/mol. The van der Waals surface area contributed by atoms with Crippen LogP contribution in [0.25, 0.3) is 0 Å². The first kappa shape index (κ1) is 22.6. The van der Waals surface area contributed by atoms with Crippen molar-refractivity contribution in [2.75, 3.05) is 11.5 Å². The van der Waals surface area contributed by atoms with Gasteiger partial charge in [0, 0.05) is 0 Å². The highest BCUT2D eigenvalue weighted by atomic mass is 19.1. The number of carbonyl (C=O) groups excluding carboxylic acids is 3. The summed E-state index contributed by atoms with van der Waals surface area (Å²) >= 11 is 0. The summed E-state index contributed by atoms with van der Waals surface area (Å²) in [5.74, 6) is -2.53. The summed E-state index contributed by atoms with van der Waals surface area (Å²) in [6, 6.07) is 9.29. The topological polar surface area (TPSA) is 116 Å². The number of amides is 1. The number of nitrogens with zero attached hydrogens (tertiary/aromatic N) is 2. The fourth-order valence-electron chi connectivity index (χ4n) is 3.58. The largest absolute Gasteiger partial charge is 0.460 e. The molecule has 0 spiro atoms. The molecule has 0 N–H and O–H groups in total.